The van der Waals surface area contributed by atoms with E-state index in [1.807, 2.05) is 14.0 Å². The van der Waals surface area contributed by atoms with E-state index < -0.39 is 0 Å². The zero-order chi connectivity index (χ0) is 14.4. The van der Waals surface area contributed by atoms with Crippen LogP contribution in [-0.2, 0) is 4.79 Å². The number of nitrogens with zero attached hydrogens (tertiary/aromatic N) is 1. The van der Waals surface area contributed by atoms with Gasteiger partial charge in [0.05, 0.1) is 6.04 Å². The van der Waals surface area contributed by atoms with E-state index in [0.29, 0.717) is 6.42 Å². The molecule has 2 N–H and O–H groups in total. The lowest BCUT2D eigenvalue weighted by atomic mass is 10.0. The molecule has 1 amide bonds. The van der Waals surface area contributed by atoms with Crippen molar-refractivity contribution in [1.82, 2.24) is 4.90 Å². The summed E-state index contributed by atoms with van der Waals surface area (Å²) in [4.78, 5) is 13.9. The maximum atomic E-state index is 12.2. The van der Waals surface area contributed by atoms with Crippen molar-refractivity contribution in [3.8, 4) is 0 Å². The predicted octanol–water partition coefficient (Wildman–Crippen LogP) is 3.03. The fourth-order valence-corrected chi connectivity index (χ4v) is 2.13. The third-order valence-corrected chi connectivity index (χ3v) is 3.63. The van der Waals surface area contributed by atoms with Gasteiger partial charge in [-0.2, -0.15) is 0 Å². The zero-order valence-electron chi connectivity index (χ0n) is 12.5. The van der Waals surface area contributed by atoms with E-state index in [0.717, 1.165) is 18.4 Å². The van der Waals surface area contributed by atoms with Crippen molar-refractivity contribution in [3.05, 3.63) is 35.4 Å². The predicted molar refractivity (Wildman–Crippen MR) is 79.9 cm³/mol. The van der Waals surface area contributed by atoms with Crippen LogP contribution in [0.25, 0.3) is 0 Å². The first-order valence-electron chi connectivity index (χ1n) is 7.03. The number of benzene rings is 1. The zero-order valence-corrected chi connectivity index (χ0v) is 12.5. The number of carbonyl (C=O) groups is 1. The van der Waals surface area contributed by atoms with Gasteiger partial charge in [0.1, 0.15) is 0 Å². The fourth-order valence-electron chi connectivity index (χ4n) is 2.13. The fraction of sp³-hybridized carbons (Fsp3) is 0.562. The normalized spacial score (nSPS) is 13.9. The summed E-state index contributed by atoms with van der Waals surface area (Å²) < 4.78 is 0. The molecule has 0 heterocycles. The standard InChI is InChI=1S/C16H26N2O/c1-5-6-15(17)11-16(19)18(4)13(3)14-9-7-12(2)8-10-14/h7-10,13,15H,5-6,11,17H2,1-4H3. The highest BCUT2D eigenvalue weighted by Crippen LogP contribution is 2.20. The van der Waals surface area contributed by atoms with Crippen molar-refractivity contribution >= 4 is 5.91 Å². The molecule has 0 aliphatic heterocycles. The summed E-state index contributed by atoms with van der Waals surface area (Å²) in [5, 5.41) is 0. The Balaban J connectivity index is 2.63. The Morgan fingerprint density at radius 2 is 1.89 bits per heavy atom. The largest absolute Gasteiger partial charge is 0.339 e. The van der Waals surface area contributed by atoms with Gasteiger partial charge in [-0.15, -0.1) is 0 Å². The highest BCUT2D eigenvalue weighted by molar-refractivity contribution is 5.77. The monoisotopic (exact) mass is 262 g/mol. The molecule has 0 aromatic heterocycles. The van der Waals surface area contributed by atoms with E-state index >= 15 is 0 Å². The highest BCUT2D eigenvalue weighted by atomic mass is 16.2. The maximum Gasteiger partial charge on any atom is 0.224 e. The molecule has 0 saturated carbocycles. The van der Waals surface area contributed by atoms with Crippen molar-refractivity contribution in [1.29, 1.82) is 0 Å². The van der Waals surface area contributed by atoms with Crippen LogP contribution in [0.15, 0.2) is 24.3 Å². The molecule has 19 heavy (non-hydrogen) atoms. The molecule has 0 radical (unpaired) electrons. The minimum Gasteiger partial charge on any atom is -0.339 e. The molecular weight excluding hydrogens is 236 g/mol. The van der Waals surface area contributed by atoms with Crippen molar-refractivity contribution in [2.45, 2.75) is 52.1 Å². The topological polar surface area (TPSA) is 46.3 Å². The average Bonchev–Trinajstić information content (AvgIpc) is 2.38. The van der Waals surface area contributed by atoms with Crippen LogP contribution < -0.4 is 5.73 Å². The third-order valence-electron chi connectivity index (χ3n) is 3.63. The molecule has 0 fully saturated rings. The van der Waals surface area contributed by atoms with Crippen LogP contribution in [0.5, 0.6) is 0 Å². The molecule has 3 heteroatoms. The van der Waals surface area contributed by atoms with Gasteiger partial charge in [0.25, 0.3) is 0 Å². The van der Waals surface area contributed by atoms with Gasteiger partial charge in [-0.3, -0.25) is 4.79 Å². The van der Waals surface area contributed by atoms with Gasteiger partial charge in [0.15, 0.2) is 0 Å². The van der Waals surface area contributed by atoms with Crippen LogP contribution in [0, 0.1) is 6.92 Å². The Morgan fingerprint density at radius 3 is 2.42 bits per heavy atom. The van der Waals surface area contributed by atoms with Crippen LogP contribution in [0.3, 0.4) is 0 Å². The van der Waals surface area contributed by atoms with E-state index in [1.54, 1.807) is 4.90 Å². The molecule has 2 atom stereocenters. The number of rotatable bonds is 6. The highest BCUT2D eigenvalue weighted by Gasteiger charge is 2.19. The summed E-state index contributed by atoms with van der Waals surface area (Å²) >= 11 is 0. The average molecular weight is 262 g/mol. The second-order valence-electron chi connectivity index (χ2n) is 5.34. The lowest BCUT2D eigenvalue weighted by Gasteiger charge is -2.26. The lowest BCUT2D eigenvalue weighted by Crippen LogP contribution is -2.34. The van der Waals surface area contributed by atoms with Crippen LogP contribution in [-0.4, -0.2) is 23.9 Å². The Kier molecular flexibility index (Phi) is 6.03. The third kappa shape index (κ3) is 4.67. The molecule has 0 bridgehead atoms. The first-order valence-corrected chi connectivity index (χ1v) is 7.03. The Morgan fingerprint density at radius 1 is 1.32 bits per heavy atom. The molecule has 0 saturated heterocycles. The minimum atomic E-state index is -0.0230. The summed E-state index contributed by atoms with van der Waals surface area (Å²) in [5.74, 6) is 0.119. The van der Waals surface area contributed by atoms with Gasteiger partial charge >= 0.3 is 0 Å². The van der Waals surface area contributed by atoms with Crippen molar-refractivity contribution in [3.63, 3.8) is 0 Å². The maximum absolute atomic E-state index is 12.2. The first-order chi connectivity index (χ1) is 8.95. The lowest BCUT2D eigenvalue weighted by molar-refractivity contribution is -0.132. The molecule has 106 valence electrons. The number of carbonyl (C=O) groups excluding carboxylic acids is 1. The molecule has 1 aromatic carbocycles. The van der Waals surface area contributed by atoms with Gasteiger partial charge in [0.2, 0.25) is 5.91 Å². The van der Waals surface area contributed by atoms with Crippen molar-refractivity contribution in [2.75, 3.05) is 7.05 Å². The molecule has 3 nitrogen and oxygen atoms in total. The van der Waals surface area contributed by atoms with Crippen LogP contribution in [0.1, 0.15) is 50.3 Å². The summed E-state index contributed by atoms with van der Waals surface area (Å²) in [6.45, 7) is 6.20. The van der Waals surface area contributed by atoms with E-state index in [2.05, 4.69) is 38.1 Å². The van der Waals surface area contributed by atoms with Crippen molar-refractivity contribution in [2.24, 2.45) is 5.73 Å². The summed E-state index contributed by atoms with van der Waals surface area (Å²) in [5.41, 5.74) is 8.32. The van der Waals surface area contributed by atoms with E-state index in [-0.39, 0.29) is 18.0 Å². The van der Waals surface area contributed by atoms with Gasteiger partial charge in [-0.25, -0.2) is 0 Å². The van der Waals surface area contributed by atoms with Gasteiger partial charge in [-0.1, -0.05) is 43.2 Å². The summed E-state index contributed by atoms with van der Waals surface area (Å²) in [6.07, 6.45) is 2.35. The van der Waals surface area contributed by atoms with Crippen LogP contribution in [0.2, 0.25) is 0 Å². The van der Waals surface area contributed by atoms with E-state index in [4.69, 9.17) is 5.73 Å². The number of aryl methyl sites for hydroxylation is 1. The van der Waals surface area contributed by atoms with E-state index in [9.17, 15) is 4.79 Å². The quantitative estimate of drug-likeness (QED) is 0.856. The minimum absolute atomic E-state index is 0.0230. The Bertz CT molecular complexity index is 400. The second-order valence-corrected chi connectivity index (χ2v) is 5.34. The number of hydrogen-bond acceptors (Lipinski definition) is 2. The van der Waals surface area contributed by atoms with Crippen LogP contribution >= 0.6 is 0 Å². The molecule has 1 aromatic rings. The van der Waals surface area contributed by atoms with Gasteiger partial charge in [0, 0.05) is 19.5 Å². The molecule has 2 unspecified atom stereocenters. The SMILES string of the molecule is CCCC(N)CC(=O)N(C)C(C)c1ccc(C)cc1. The van der Waals surface area contributed by atoms with Gasteiger partial charge in [-0.05, 0) is 25.8 Å². The molecule has 0 aliphatic rings. The molecule has 1 rings (SSSR count). The van der Waals surface area contributed by atoms with Crippen LogP contribution in [0.4, 0.5) is 0 Å². The number of nitrogens with two attached hydrogens (primary N) is 1. The molecule has 0 spiro atoms. The number of amides is 1. The summed E-state index contributed by atoms with van der Waals surface area (Å²) in [6, 6.07) is 8.37. The Labute approximate surface area is 116 Å². The molecule has 0 aliphatic carbocycles. The smallest absolute Gasteiger partial charge is 0.224 e. The first kappa shape index (κ1) is 15.7. The number of hydrogen-bond donors (Lipinski definition) is 1. The second kappa shape index (κ2) is 7.29. The van der Waals surface area contributed by atoms with Crippen molar-refractivity contribution < 1.29 is 4.79 Å². The van der Waals surface area contributed by atoms with E-state index in [1.165, 1.54) is 5.56 Å². The molecular formula is C16H26N2O. The van der Waals surface area contributed by atoms with Gasteiger partial charge < -0.3 is 10.6 Å². The summed E-state index contributed by atoms with van der Waals surface area (Å²) in [7, 11) is 1.85. The Hall–Kier alpha value is -1.35.